The quantitative estimate of drug-likeness (QED) is 0.752. The summed E-state index contributed by atoms with van der Waals surface area (Å²) in [6, 6.07) is 10.5. The molecular weight excluding hydrogens is 218 g/mol. The first-order valence-corrected chi connectivity index (χ1v) is 6.92. The zero-order chi connectivity index (χ0) is 13.4. The Bertz CT molecular complexity index is 349. The van der Waals surface area contributed by atoms with Crippen molar-refractivity contribution in [1.29, 1.82) is 0 Å². The van der Waals surface area contributed by atoms with Crippen molar-refractivity contribution in [1.82, 2.24) is 5.32 Å². The van der Waals surface area contributed by atoms with Gasteiger partial charge >= 0.3 is 0 Å². The molecule has 0 unspecified atom stereocenters. The van der Waals surface area contributed by atoms with Crippen LogP contribution in [0.15, 0.2) is 36.4 Å². The molecule has 1 heteroatoms. The summed E-state index contributed by atoms with van der Waals surface area (Å²) in [5.74, 6) is 0.723. The zero-order valence-electron chi connectivity index (χ0n) is 12.2. The predicted molar refractivity (Wildman–Crippen MR) is 81.6 cm³/mol. The largest absolute Gasteiger partial charge is 0.316 e. The van der Waals surface area contributed by atoms with Crippen LogP contribution in [0.5, 0.6) is 0 Å². The molecule has 0 bridgehead atoms. The molecule has 0 aliphatic heterocycles. The maximum absolute atomic E-state index is 3.54. The fourth-order valence-electron chi connectivity index (χ4n) is 1.85. The molecule has 0 aliphatic carbocycles. The van der Waals surface area contributed by atoms with E-state index in [1.807, 2.05) is 0 Å². The van der Waals surface area contributed by atoms with Crippen molar-refractivity contribution in [2.75, 3.05) is 13.1 Å². The zero-order valence-corrected chi connectivity index (χ0v) is 12.2. The first-order valence-electron chi connectivity index (χ1n) is 6.92. The third kappa shape index (κ3) is 6.61. The van der Waals surface area contributed by atoms with Crippen LogP contribution in [0.3, 0.4) is 0 Å². The van der Waals surface area contributed by atoms with Crippen LogP contribution in [0.4, 0.5) is 0 Å². The van der Waals surface area contributed by atoms with Crippen LogP contribution in [-0.2, 0) is 0 Å². The molecule has 1 aromatic carbocycles. The maximum atomic E-state index is 3.54. The van der Waals surface area contributed by atoms with E-state index in [1.54, 1.807) is 0 Å². The summed E-state index contributed by atoms with van der Waals surface area (Å²) in [5.41, 5.74) is 1.60. The molecule has 0 radical (unpaired) electrons. The lowest BCUT2D eigenvalue weighted by molar-refractivity contribution is 0.337. The lowest BCUT2D eigenvalue weighted by Crippen LogP contribution is -2.31. The third-order valence-electron chi connectivity index (χ3n) is 2.94. The van der Waals surface area contributed by atoms with Gasteiger partial charge in [-0.3, -0.25) is 0 Å². The average molecular weight is 245 g/mol. The van der Waals surface area contributed by atoms with Crippen molar-refractivity contribution in [3.63, 3.8) is 0 Å². The van der Waals surface area contributed by atoms with Gasteiger partial charge in [0, 0.05) is 6.54 Å². The summed E-state index contributed by atoms with van der Waals surface area (Å²) in [6.07, 6.45) is 5.60. The van der Waals surface area contributed by atoms with Gasteiger partial charge in [0.15, 0.2) is 0 Å². The van der Waals surface area contributed by atoms with Gasteiger partial charge in [0.2, 0.25) is 0 Å². The molecule has 1 nitrogen and oxygen atoms in total. The minimum absolute atomic E-state index is 0.320. The van der Waals surface area contributed by atoms with Gasteiger partial charge in [0.1, 0.15) is 0 Å². The number of nitrogens with one attached hydrogen (secondary N) is 1. The Hall–Kier alpha value is -1.08. The molecule has 0 spiro atoms. The molecule has 100 valence electrons. The second-order valence-electron chi connectivity index (χ2n) is 6.21. The van der Waals surface area contributed by atoms with Gasteiger partial charge < -0.3 is 5.32 Å². The van der Waals surface area contributed by atoms with E-state index in [0.717, 1.165) is 25.4 Å². The number of hydrogen-bond acceptors (Lipinski definition) is 1. The Balaban J connectivity index is 2.34. The summed E-state index contributed by atoms with van der Waals surface area (Å²) >= 11 is 0. The van der Waals surface area contributed by atoms with Crippen LogP contribution in [-0.4, -0.2) is 13.1 Å². The standard InChI is InChI=1S/C17H27N/c1-15(2)13-18-14-17(3,4)12-8-11-16-9-6-5-7-10-16/h5-11,15,18H,12-14H2,1-4H3/b11-8+. The molecule has 1 N–H and O–H groups in total. The first kappa shape index (κ1) is 15.0. The lowest BCUT2D eigenvalue weighted by atomic mass is 9.88. The molecule has 0 saturated heterocycles. The topological polar surface area (TPSA) is 12.0 Å². The molecule has 1 rings (SSSR count). The SMILES string of the molecule is CC(C)CNCC(C)(C)C/C=C/c1ccccc1. The van der Waals surface area contributed by atoms with Gasteiger partial charge in [-0.2, -0.15) is 0 Å². The Morgan fingerprint density at radius 1 is 1.17 bits per heavy atom. The molecule has 0 aliphatic rings. The summed E-state index contributed by atoms with van der Waals surface area (Å²) in [6.45, 7) is 11.3. The van der Waals surface area contributed by atoms with Crippen molar-refractivity contribution >= 4 is 6.08 Å². The Morgan fingerprint density at radius 3 is 2.44 bits per heavy atom. The van der Waals surface area contributed by atoms with Crippen molar-refractivity contribution < 1.29 is 0 Å². The van der Waals surface area contributed by atoms with Gasteiger partial charge in [0.05, 0.1) is 0 Å². The van der Waals surface area contributed by atoms with Crippen LogP contribution in [0.25, 0.3) is 6.08 Å². The second kappa shape index (κ2) is 7.38. The van der Waals surface area contributed by atoms with Crippen molar-refractivity contribution in [3.05, 3.63) is 42.0 Å². The van der Waals surface area contributed by atoms with E-state index >= 15 is 0 Å². The summed E-state index contributed by atoms with van der Waals surface area (Å²) in [7, 11) is 0. The van der Waals surface area contributed by atoms with Crippen molar-refractivity contribution in [3.8, 4) is 0 Å². The van der Waals surface area contributed by atoms with E-state index < -0.39 is 0 Å². The average Bonchev–Trinajstić information content (AvgIpc) is 2.29. The molecule has 0 amide bonds. The normalized spacial score (nSPS) is 12.5. The number of hydrogen-bond donors (Lipinski definition) is 1. The Morgan fingerprint density at radius 2 is 1.83 bits per heavy atom. The van der Waals surface area contributed by atoms with Crippen molar-refractivity contribution in [2.24, 2.45) is 11.3 Å². The molecule has 0 saturated carbocycles. The van der Waals surface area contributed by atoms with Crippen LogP contribution in [0.2, 0.25) is 0 Å². The van der Waals surface area contributed by atoms with Crippen LogP contribution in [0.1, 0.15) is 39.7 Å². The van der Waals surface area contributed by atoms with Crippen LogP contribution < -0.4 is 5.32 Å². The van der Waals surface area contributed by atoms with Crippen LogP contribution >= 0.6 is 0 Å². The van der Waals surface area contributed by atoms with Gasteiger partial charge in [-0.15, -0.1) is 0 Å². The molecule has 0 heterocycles. The Labute approximate surface area is 112 Å². The number of allylic oxidation sites excluding steroid dienone is 1. The van der Waals surface area contributed by atoms with E-state index in [1.165, 1.54) is 5.56 Å². The molecule has 0 fully saturated rings. The minimum Gasteiger partial charge on any atom is -0.316 e. The van der Waals surface area contributed by atoms with Crippen molar-refractivity contribution in [2.45, 2.75) is 34.1 Å². The van der Waals surface area contributed by atoms with Crippen LogP contribution in [0, 0.1) is 11.3 Å². The lowest BCUT2D eigenvalue weighted by Gasteiger charge is -2.24. The summed E-state index contributed by atoms with van der Waals surface area (Å²) in [5, 5.41) is 3.54. The van der Waals surface area contributed by atoms with Gasteiger partial charge in [-0.05, 0) is 29.9 Å². The highest BCUT2D eigenvalue weighted by Crippen LogP contribution is 2.20. The predicted octanol–water partition coefficient (Wildman–Crippen LogP) is 4.36. The summed E-state index contributed by atoms with van der Waals surface area (Å²) < 4.78 is 0. The molecule has 1 aromatic rings. The van der Waals surface area contributed by atoms with Gasteiger partial charge in [0.25, 0.3) is 0 Å². The van der Waals surface area contributed by atoms with E-state index in [2.05, 4.69) is 75.5 Å². The smallest absolute Gasteiger partial charge is 0.000560 e. The third-order valence-corrected chi connectivity index (χ3v) is 2.94. The summed E-state index contributed by atoms with van der Waals surface area (Å²) in [4.78, 5) is 0. The fourth-order valence-corrected chi connectivity index (χ4v) is 1.85. The monoisotopic (exact) mass is 245 g/mol. The molecule has 0 aromatic heterocycles. The Kier molecular flexibility index (Phi) is 6.14. The van der Waals surface area contributed by atoms with Gasteiger partial charge in [-0.25, -0.2) is 0 Å². The molecule has 18 heavy (non-hydrogen) atoms. The number of rotatable bonds is 7. The second-order valence-corrected chi connectivity index (χ2v) is 6.21. The fraction of sp³-hybridized carbons (Fsp3) is 0.529. The molecular formula is C17H27N. The number of benzene rings is 1. The van der Waals surface area contributed by atoms with Gasteiger partial charge in [-0.1, -0.05) is 70.2 Å². The van der Waals surface area contributed by atoms with E-state index in [-0.39, 0.29) is 0 Å². The first-order chi connectivity index (χ1) is 8.49. The van der Waals surface area contributed by atoms with E-state index in [0.29, 0.717) is 5.41 Å². The highest BCUT2D eigenvalue weighted by molar-refractivity contribution is 5.48. The molecule has 0 atom stereocenters. The van der Waals surface area contributed by atoms with E-state index in [4.69, 9.17) is 0 Å². The highest BCUT2D eigenvalue weighted by Gasteiger charge is 2.15. The minimum atomic E-state index is 0.320. The highest BCUT2D eigenvalue weighted by atomic mass is 14.9. The maximum Gasteiger partial charge on any atom is 0.000560 e. The van der Waals surface area contributed by atoms with E-state index in [9.17, 15) is 0 Å².